The van der Waals surface area contributed by atoms with E-state index in [1.54, 1.807) is 6.92 Å². The zero-order valence-electron chi connectivity index (χ0n) is 15.5. The van der Waals surface area contributed by atoms with Crippen molar-refractivity contribution in [3.63, 3.8) is 0 Å². The molecule has 0 aliphatic carbocycles. The molecular formula is C19H16ClN3O3S3. The lowest BCUT2D eigenvalue weighted by Crippen LogP contribution is -2.30. The molecule has 2 aliphatic rings. The maximum atomic E-state index is 13.0. The van der Waals surface area contributed by atoms with Crippen LogP contribution in [-0.4, -0.2) is 38.0 Å². The van der Waals surface area contributed by atoms with Crippen LogP contribution in [0.5, 0.6) is 0 Å². The van der Waals surface area contributed by atoms with Gasteiger partial charge in [0.1, 0.15) is 4.91 Å². The van der Waals surface area contributed by atoms with Gasteiger partial charge in [0.2, 0.25) is 0 Å². The van der Waals surface area contributed by atoms with E-state index in [9.17, 15) is 13.2 Å². The molecule has 0 radical (unpaired) electrons. The summed E-state index contributed by atoms with van der Waals surface area (Å²) in [6.07, 6.45) is 0. The van der Waals surface area contributed by atoms with Crippen molar-refractivity contribution in [2.75, 3.05) is 18.5 Å². The molecule has 0 saturated carbocycles. The van der Waals surface area contributed by atoms with Gasteiger partial charge in [0.15, 0.2) is 5.17 Å². The van der Waals surface area contributed by atoms with Crippen LogP contribution in [0.3, 0.4) is 0 Å². The number of carbonyl (C=O) groups is 1. The van der Waals surface area contributed by atoms with Gasteiger partial charge < -0.3 is 4.90 Å². The summed E-state index contributed by atoms with van der Waals surface area (Å²) in [7, 11) is -2.08. The van der Waals surface area contributed by atoms with Gasteiger partial charge in [-0.05, 0) is 55.1 Å². The molecule has 0 atom stereocenters. The molecule has 0 unspecified atom stereocenters. The first-order valence-corrected chi connectivity index (χ1v) is 12.1. The van der Waals surface area contributed by atoms with E-state index in [1.165, 1.54) is 40.9 Å². The third-order valence-electron chi connectivity index (χ3n) is 4.42. The number of likely N-dealkylation sites (N-methyl/N-ethyl adjacent to an activating group) is 1. The Morgan fingerprint density at radius 1 is 1.07 bits per heavy atom. The molecule has 1 fully saturated rings. The predicted molar refractivity (Wildman–Crippen MR) is 119 cm³/mol. The molecule has 2 aromatic rings. The maximum absolute atomic E-state index is 13.0. The summed E-state index contributed by atoms with van der Waals surface area (Å²) in [5, 5.41) is 1.36. The maximum Gasteiger partial charge on any atom is 0.284 e. The van der Waals surface area contributed by atoms with Gasteiger partial charge in [0.05, 0.1) is 15.6 Å². The third kappa shape index (κ3) is 3.68. The van der Waals surface area contributed by atoms with E-state index in [0.717, 1.165) is 27.4 Å². The number of amides is 1. The Morgan fingerprint density at radius 3 is 2.41 bits per heavy atom. The Bertz CT molecular complexity index is 1160. The smallest absolute Gasteiger partial charge is 0.284 e. The van der Waals surface area contributed by atoms with Crippen LogP contribution >= 0.6 is 35.1 Å². The molecule has 0 spiro atoms. The van der Waals surface area contributed by atoms with Crippen LogP contribution in [0, 0.1) is 0 Å². The molecule has 0 aromatic heterocycles. The first-order chi connectivity index (χ1) is 13.8. The molecule has 1 saturated heterocycles. The Labute approximate surface area is 182 Å². The molecule has 29 heavy (non-hydrogen) atoms. The highest BCUT2D eigenvalue weighted by Crippen LogP contribution is 2.49. The Balaban J connectivity index is 1.73. The fraction of sp³-hybridized carbons (Fsp3) is 0.158. The second kappa shape index (κ2) is 7.71. The molecular weight excluding hydrogens is 450 g/mol. The summed E-state index contributed by atoms with van der Waals surface area (Å²) in [5.41, 5.74) is 1.01. The quantitative estimate of drug-likeness (QED) is 0.626. The minimum Gasteiger partial charge on any atom is -0.337 e. The van der Waals surface area contributed by atoms with Gasteiger partial charge in [0, 0.05) is 23.5 Å². The third-order valence-corrected chi connectivity index (χ3v) is 8.50. The Hall–Kier alpha value is -1.94. The minimum atomic E-state index is -3.97. The largest absolute Gasteiger partial charge is 0.337 e. The van der Waals surface area contributed by atoms with E-state index in [1.807, 2.05) is 36.2 Å². The highest BCUT2D eigenvalue weighted by atomic mass is 35.5. The van der Waals surface area contributed by atoms with Gasteiger partial charge in [-0.3, -0.25) is 9.69 Å². The lowest BCUT2D eigenvalue weighted by molar-refractivity contribution is -0.122. The summed E-state index contributed by atoms with van der Waals surface area (Å²) in [6.45, 7) is 2.11. The van der Waals surface area contributed by atoms with Gasteiger partial charge in [-0.15, -0.1) is 4.40 Å². The molecule has 2 aromatic carbocycles. The number of thioether (sulfide) groups is 2. The van der Waals surface area contributed by atoms with Gasteiger partial charge in [-0.1, -0.05) is 35.5 Å². The zero-order chi connectivity index (χ0) is 20.8. The number of rotatable bonds is 3. The molecule has 2 aliphatic heterocycles. The van der Waals surface area contributed by atoms with Crippen molar-refractivity contribution in [3.05, 3.63) is 63.5 Å². The van der Waals surface area contributed by atoms with Crippen molar-refractivity contribution in [1.82, 2.24) is 4.90 Å². The van der Waals surface area contributed by atoms with Crippen LogP contribution < -0.4 is 4.90 Å². The van der Waals surface area contributed by atoms with Crippen molar-refractivity contribution in [2.45, 2.75) is 16.7 Å². The summed E-state index contributed by atoms with van der Waals surface area (Å²) >= 11 is 8.42. The lowest BCUT2D eigenvalue weighted by atomic mass is 10.3. The monoisotopic (exact) mass is 465 g/mol. The SMILES string of the molecule is CCN1C(=O)/C(=C2\Sc3ccccc3N2C)SC1=NS(=O)(=O)c1ccc(Cl)cc1. The highest BCUT2D eigenvalue weighted by molar-refractivity contribution is 8.19. The van der Waals surface area contributed by atoms with Crippen LogP contribution in [0.4, 0.5) is 5.69 Å². The minimum absolute atomic E-state index is 0.0272. The molecule has 0 N–H and O–H groups in total. The van der Waals surface area contributed by atoms with Crippen LogP contribution in [-0.2, 0) is 14.8 Å². The van der Waals surface area contributed by atoms with Crippen molar-refractivity contribution in [1.29, 1.82) is 0 Å². The van der Waals surface area contributed by atoms with Crippen LogP contribution in [0.2, 0.25) is 5.02 Å². The molecule has 150 valence electrons. The van der Waals surface area contributed by atoms with Gasteiger partial charge in [0.25, 0.3) is 15.9 Å². The number of sulfonamides is 1. The van der Waals surface area contributed by atoms with Crippen molar-refractivity contribution >= 4 is 61.9 Å². The predicted octanol–water partition coefficient (Wildman–Crippen LogP) is 4.39. The van der Waals surface area contributed by atoms with E-state index in [-0.39, 0.29) is 16.0 Å². The van der Waals surface area contributed by atoms with E-state index < -0.39 is 10.0 Å². The molecule has 4 rings (SSSR count). The number of amidine groups is 1. The number of hydrogen-bond donors (Lipinski definition) is 0. The first-order valence-electron chi connectivity index (χ1n) is 8.67. The fourth-order valence-corrected chi connectivity index (χ4v) is 6.66. The number of nitrogens with zero attached hydrogens (tertiary/aromatic N) is 3. The molecule has 1 amide bonds. The summed E-state index contributed by atoms with van der Waals surface area (Å²) in [6, 6.07) is 13.6. The van der Waals surface area contributed by atoms with Crippen LogP contribution in [0.1, 0.15) is 6.92 Å². The summed E-state index contributed by atoms with van der Waals surface area (Å²) < 4.78 is 29.4. The number of fused-ring (bicyclic) bond motifs is 1. The number of para-hydroxylation sites is 1. The van der Waals surface area contributed by atoms with Crippen LogP contribution in [0.15, 0.2) is 72.7 Å². The van der Waals surface area contributed by atoms with E-state index in [0.29, 0.717) is 16.5 Å². The number of halogens is 1. The van der Waals surface area contributed by atoms with E-state index in [2.05, 4.69) is 4.40 Å². The lowest BCUT2D eigenvalue weighted by Gasteiger charge is -2.15. The summed E-state index contributed by atoms with van der Waals surface area (Å²) in [5.74, 6) is -0.246. The van der Waals surface area contributed by atoms with E-state index in [4.69, 9.17) is 11.6 Å². The van der Waals surface area contributed by atoms with Gasteiger partial charge >= 0.3 is 0 Å². The molecule has 10 heteroatoms. The first kappa shape index (κ1) is 20.3. The zero-order valence-corrected chi connectivity index (χ0v) is 18.7. The molecule has 0 bridgehead atoms. The standard InChI is InChI=1S/C19H16ClN3O3S3/c1-3-23-17(24)16(18-22(2)14-6-4-5-7-15(14)27-18)28-19(23)21-29(25,26)13-10-8-12(20)9-11-13/h4-11H,3H2,1-2H3/b18-16+,21-19?. The second-order valence-electron chi connectivity index (χ2n) is 6.22. The normalized spacial score (nSPS) is 20.7. The topological polar surface area (TPSA) is 70.1 Å². The number of carbonyl (C=O) groups excluding carboxylic acids is 1. The van der Waals surface area contributed by atoms with E-state index >= 15 is 0 Å². The van der Waals surface area contributed by atoms with Crippen molar-refractivity contribution in [3.8, 4) is 0 Å². The molecule has 6 nitrogen and oxygen atoms in total. The van der Waals surface area contributed by atoms with Crippen molar-refractivity contribution in [2.24, 2.45) is 4.40 Å². The number of benzene rings is 2. The average molecular weight is 466 g/mol. The number of hydrogen-bond acceptors (Lipinski definition) is 6. The van der Waals surface area contributed by atoms with Gasteiger partial charge in [-0.25, -0.2) is 0 Å². The van der Waals surface area contributed by atoms with Crippen LogP contribution in [0.25, 0.3) is 0 Å². The van der Waals surface area contributed by atoms with Crippen molar-refractivity contribution < 1.29 is 13.2 Å². The Kier molecular flexibility index (Phi) is 5.41. The fourth-order valence-electron chi connectivity index (χ4n) is 2.94. The van der Waals surface area contributed by atoms with Gasteiger partial charge in [-0.2, -0.15) is 8.42 Å². The average Bonchev–Trinajstić information content (AvgIpc) is 3.18. The second-order valence-corrected chi connectivity index (χ2v) is 10.3. The molecule has 2 heterocycles. The number of anilines is 1. The summed E-state index contributed by atoms with van der Waals surface area (Å²) in [4.78, 5) is 17.9. The highest BCUT2D eigenvalue weighted by Gasteiger charge is 2.39. The Morgan fingerprint density at radius 2 is 1.76 bits per heavy atom.